The average molecular weight is 267 g/mol. The van der Waals surface area contributed by atoms with Crippen LogP contribution in [0.5, 0.6) is 5.75 Å². The molecule has 2 aromatic rings. The van der Waals surface area contributed by atoms with E-state index in [0.29, 0.717) is 17.0 Å². The largest absolute Gasteiger partial charge is 0.496 e. The Labute approximate surface area is 116 Å². The van der Waals surface area contributed by atoms with Crippen molar-refractivity contribution in [3.05, 3.63) is 70.1 Å². The van der Waals surface area contributed by atoms with E-state index in [1.165, 1.54) is 0 Å². The summed E-state index contributed by atoms with van der Waals surface area (Å²) in [5, 5.41) is 3.49. The average Bonchev–Trinajstić information content (AvgIpc) is 2.49. The molecule has 0 saturated carbocycles. The molecule has 5 heteroatoms. The third kappa shape index (κ3) is 3.16. The second-order valence-electron chi connectivity index (χ2n) is 4.16. The van der Waals surface area contributed by atoms with Crippen LogP contribution in [0.3, 0.4) is 0 Å². The van der Waals surface area contributed by atoms with Crippen molar-refractivity contribution in [2.45, 2.75) is 6.42 Å². The van der Waals surface area contributed by atoms with Crippen molar-refractivity contribution in [1.82, 2.24) is 0 Å². The minimum atomic E-state index is -0.0148. The molecule has 0 aliphatic carbocycles. The third-order valence-corrected chi connectivity index (χ3v) is 2.87. The van der Waals surface area contributed by atoms with Crippen LogP contribution in [0.4, 0.5) is 5.69 Å². The van der Waals surface area contributed by atoms with Gasteiger partial charge in [0, 0.05) is 17.0 Å². The van der Waals surface area contributed by atoms with Crippen molar-refractivity contribution in [3.8, 4) is 5.75 Å². The number of benzene rings is 2. The summed E-state index contributed by atoms with van der Waals surface area (Å²) in [6, 6.07) is 14.1. The molecule has 0 spiro atoms. The number of rotatable bonds is 5. The first kappa shape index (κ1) is 13.6. The van der Waals surface area contributed by atoms with Gasteiger partial charge in [-0.15, -0.1) is 0 Å². The summed E-state index contributed by atoms with van der Waals surface area (Å²) in [6.45, 7) is 0. The Hall–Kier alpha value is -2.78. The van der Waals surface area contributed by atoms with E-state index in [-0.39, 0.29) is 12.2 Å². The number of para-hydroxylation sites is 1. The molecule has 2 aromatic carbocycles. The van der Waals surface area contributed by atoms with E-state index in [9.17, 15) is 4.79 Å². The number of azide groups is 1. The van der Waals surface area contributed by atoms with Gasteiger partial charge in [-0.2, -0.15) is 0 Å². The van der Waals surface area contributed by atoms with Gasteiger partial charge in [-0.25, -0.2) is 0 Å². The molecule has 100 valence electrons. The number of nitrogens with zero attached hydrogens (tertiary/aromatic N) is 3. The highest BCUT2D eigenvalue weighted by atomic mass is 16.5. The SMILES string of the molecule is COc1ccccc1C(=O)Cc1ccc(N=[N+]=[N-])cc1. The third-order valence-electron chi connectivity index (χ3n) is 2.87. The quantitative estimate of drug-likeness (QED) is 0.354. The second-order valence-corrected chi connectivity index (χ2v) is 4.16. The van der Waals surface area contributed by atoms with Crippen LogP contribution in [-0.4, -0.2) is 12.9 Å². The molecule has 0 bridgehead atoms. The van der Waals surface area contributed by atoms with E-state index in [1.54, 1.807) is 49.6 Å². The molecule has 0 unspecified atom stereocenters. The van der Waals surface area contributed by atoms with E-state index in [0.717, 1.165) is 5.56 Å². The van der Waals surface area contributed by atoms with E-state index >= 15 is 0 Å². The van der Waals surface area contributed by atoms with Gasteiger partial charge >= 0.3 is 0 Å². The van der Waals surface area contributed by atoms with Crippen LogP contribution in [0, 0.1) is 0 Å². The van der Waals surface area contributed by atoms with Crippen LogP contribution in [0.25, 0.3) is 10.4 Å². The lowest BCUT2D eigenvalue weighted by Crippen LogP contribution is -2.05. The Kier molecular flexibility index (Phi) is 4.37. The van der Waals surface area contributed by atoms with Crippen molar-refractivity contribution in [2.24, 2.45) is 5.11 Å². The minimum Gasteiger partial charge on any atom is -0.496 e. The summed E-state index contributed by atoms with van der Waals surface area (Å²) in [5.41, 5.74) is 10.3. The number of hydrogen-bond donors (Lipinski definition) is 0. The van der Waals surface area contributed by atoms with Gasteiger partial charge in [-0.1, -0.05) is 41.5 Å². The van der Waals surface area contributed by atoms with Gasteiger partial charge < -0.3 is 4.74 Å². The van der Waals surface area contributed by atoms with Crippen molar-refractivity contribution < 1.29 is 9.53 Å². The zero-order valence-corrected chi connectivity index (χ0v) is 11.0. The predicted molar refractivity (Wildman–Crippen MR) is 76.3 cm³/mol. The Morgan fingerprint density at radius 3 is 2.55 bits per heavy atom. The number of Topliss-reactive ketones (excluding diaryl/α,β-unsaturated/α-hetero) is 1. The zero-order valence-electron chi connectivity index (χ0n) is 11.0. The normalized spacial score (nSPS) is 9.65. The summed E-state index contributed by atoms with van der Waals surface area (Å²) in [7, 11) is 1.54. The molecular formula is C15H13N3O2. The van der Waals surface area contributed by atoms with E-state index in [2.05, 4.69) is 10.0 Å². The monoisotopic (exact) mass is 267 g/mol. The van der Waals surface area contributed by atoms with Crippen LogP contribution >= 0.6 is 0 Å². The molecule has 0 saturated heterocycles. The molecule has 0 aliphatic rings. The van der Waals surface area contributed by atoms with Crippen molar-refractivity contribution in [2.75, 3.05) is 7.11 Å². The van der Waals surface area contributed by atoms with Gasteiger partial charge in [0.1, 0.15) is 5.75 Å². The fourth-order valence-electron chi connectivity index (χ4n) is 1.89. The molecule has 0 N–H and O–H groups in total. The Morgan fingerprint density at radius 1 is 1.20 bits per heavy atom. The maximum atomic E-state index is 12.2. The van der Waals surface area contributed by atoms with Gasteiger partial charge in [-0.05, 0) is 23.2 Å². The molecule has 0 heterocycles. The molecule has 0 aliphatic heterocycles. The first-order valence-electron chi connectivity index (χ1n) is 6.05. The van der Waals surface area contributed by atoms with Crippen LogP contribution in [-0.2, 0) is 6.42 Å². The minimum absolute atomic E-state index is 0.0148. The lowest BCUT2D eigenvalue weighted by Gasteiger charge is -2.07. The summed E-state index contributed by atoms with van der Waals surface area (Å²) in [6.07, 6.45) is 0.275. The molecule has 20 heavy (non-hydrogen) atoms. The highest BCUT2D eigenvalue weighted by Crippen LogP contribution is 2.20. The number of ether oxygens (including phenoxy) is 1. The van der Waals surface area contributed by atoms with E-state index < -0.39 is 0 Å². The molecule has 0 fully saturated rings. The van der Waals surface area contributed by atoms with Gasteiger partial charge in [0.2, 0.25) is 0 Å². The number of methoxy groups -OCH3 is 1. The highest BCUT2D eigenvalue weighted by Gasteiger charge is 2.11. The van der Waals surface area contributed by atoms with E-state index in [4.69, 9.17) is 10.3 Å². The Balaban J connectivity index is 2.17. The topological polar surface area (TPSA) is 75.1 Å². The number of hydrogen-bond acceptors (Lipinski definition) is 3. The lowest BCUT2D eigenvalue weighted by atomic mass is 10.0. The molecular weight excluding hydrogens is 254 g/mol. The summed E-state index contributed by atoms with van der Waals surface area (Å²) in [5.74, 6) is 0.558. The van der Waals surface area contributed by atoms with Crippen LogP contribution in [0.1, 0.15) is 15.9 Å². The fourth-order valence-corrected chi connectivity index (χ4v) is 1.89. The zero-order chi connectivity index (χ0) is 14.4. The standard InChI is InChI=1S/C15H13N3O2/c1-20-15-5-3-2-4-13(15)14(19)10-11-6-8-12(9-7-11)17-18-16/h2-9H,10H2,1H3. The molecule has 0 amide bonds. The first-order chi connectivity index (χ1) is 9.74. The van der Waals surface area contributed by atoms with Crippen LogP contribution in [0.15, 0.2) is 53.6 Å². The molecule has 0 radical (unpaired) electrons. The molecule has 0 atom stereocenters. The Morgan fingerprint density at radius 2 is 1.90 bits per heavy atom. The smallest absolute Gasteiger partial charge is 0.170 e. The van der Waals surface area contributed by atoms with E-state index in [1.807, 2.05) is 6.07 Å². The van der Waals surface area contributed by atoms with Crippen molar-refractivity contribution in [1.29, 1.82) is 0 Å². The molecule has 5 nitrogen and oxygen atoms in total. The maximum absolute atomic E-state index is 12.2. The number of carbonyl (C=O) groups excluding carboxylic acids is 1. The fraction of sp³-hybridized carbons (Fsp3) is 0.133. The van der Waals surface area contributed by atoms with Crippen molar-refractivity contribution >= 4 is 11.5 Å². The molecule has 0 aromatic heterocycles. The van der Waals surface area contributed by atoms with Crippen molar-refractivity contribution in [3.63, 3.8) is 0 Å². The summed E-state index contributed by atoms with van der Waals surface area (Å²) < 4.78 is 5.18. The van der Waals surface area contributed by atoms with Gasteiger partial charge in [0.15, 0.2) is 5.78 Å². The first-order valence-corrected chi connectivity index (χ1v) is 6.05. The number of ketones is 1. The Bertz CT molecular complexity index is 659. The predicted octanol–water partition coefficient (Wildman–Crippen LogP) is 4.06. The van der Waals surface area contributed by atoms with Crippen LogP contribution < -0.4 is 4.74 Å². The van der Waals surface area contributed by atoms with Gasteiger partial charge in [-0.3, -0.25) is 4.79 Å². The summed E-state index contributed by atoms with van der Waals surface area (Å²) >= 11 is 0. The maximum Gasteiger partial charge on any atom is 0.170 e. The second kappa shape index (κ2) is 6.41. The van der Waals surface area contributed by atoms with Gasteiger partial charge in [0.05, 0.1) is 12.7 Å². The molecule has 2 rings (SSSR count). The summed E-state index contributed by atoms with van der Waals surface area (Å²) in [4.78, 5) is 15.0. The lowest BCUT2D eigenvalue weighted by molar-refractivity contribution is 0.0990. The highest BCUT2D eigenvalue weighted by molar-refractivity contribution is 5.99. The van der Waals surface area contributed by atoms with Crippen LogP contribution in [0.2, 0.25) is 0 Å². The number of carbonyl (C=O) groups is 1. The van der Waals surface area contributed by atoms with Gasteiger partial charge in [0.25, 0.3) is 0 Å².